The Labute approximate surface area is 272 Å². The molecule has 1 aliphatic rings. The maximum atomic E-state index is 2.58. The van der Waals surface area contributed by atoms with Gasteiger partial charge in [0, 0.05) is 37.0 Å². The number of aromatic nitrogens is 1. The van der Waals surface area contributed by atoms with Gasteiger partial charge in [-0.1, -0.05) is 116 Å². The van der Waals surface area contributed by atoms with Gasteiger partial charge in [0.25, 0.3) is 0 Å². The largest absolute Gasteiger partial charge is 0.213 e. The topological polar surface area (TPSA) is 3.88 Å². The van der Waals surface area contributed by atoms with Crippen LogP contribution in [0.5, 0.6) is 0 Å². The van der Waals surface area contributed by atoms with Gasteiger partial charge in [-0.25, -0.2) is 0 Å². The molecule has 45 heavy (non-hydrogen) atoms. The van der Waals surface area contributed by atoms with E-state index in [4.69, 9.17) is 0 Å². The summed E-state index contributed by atoms with van der Waals surface area (Å²) in [7, 11) is 0. The van der Waals surface area contributed by atoms with Crippen LogP contribution in [0, 0.1) is 0 Å². The zero-order valence-electron chi connectivity index (χ0n) is 28.7. The minimum absolute atomic E-state index is 0.129. The van der Waals surface area contributed by atoms with Gasteiger partial charge in [0.1, 0.15) is 0 Å². The molecule has 0 saturated heterocycles. The molecule has 1 aliphatic heterocycles. The molecule has 0 radical (unpaired) electrons. The molecule has 1 aromatic heterocycles. The first-order valence-electron chi connectivity index (χ1n) is 16.9. The smallest absolute Gasteiger partial charge is 0.193 e. The highest BCUT2D eigenvalue weighted by Crippen LogP contribution is 2.39. The van der Waals surface area contributed by atoms with Gasteiger partial charge in [0.15, 0.2) is 11.7 Å². The zero-order chi connectivity index (χ0) is 32.0. The van der Waals surface area contributed by atoms with Gasteiger partial charge < -0.3 is 0 Å². The van der Waals surface area contributed by atoms with Crippen LogP contribution in [0.3, 0.4) is 0 Å². The van der Waals surface area contributed by atoms with E-state index in [1.165, 1.54) is 67.7 Å². The average Bonchev–Trinajstić information content (AvgIpc) is 3.18. The summed E-state index contributed by atoms with van der Waals surface area (Å²) in [6.07, 6.45) is 6.86. The van der Waals surface area contributed by atoms with E-state index in [1.807, 2.05) is 0 Å². The van der Waals surface area contributed by atoms with Crippen molar-refractivity contribution in [2.75, 3.05) is 0 Å². The van der Waals surface area contributed by atoms with E-state index in [9.17, 15) is 0 Å². The number of hydrogen-bond acceptors (Lipinski definition) is 0. The predicted molar refractivity (Wildman–Crippen MR) is 193 cm³/mol. The standard InChI is InChI=1S/C44H50N/c1-9-44(10-2)25-24-33-14-15-34(30-40(33)41-13-11-12-26-45(41)44)37-28-35(31-16-20-38(21-17-31)42(3,4)5)27-36(29-37)32-18-22-39(23-19-32)43(6,7)8/h11-23,26-30H,9-10,24-25H2,1-8H3/q+1. The summed E-state index contributed by atoms with van der Waals surface area (Å²) in [5, 5.41) is 0. The summed E-state index contributed by atoms with van der Waals surface area (Å²) in [5.74, 6) is 0. The summed E-state index contributed by atoms with van der Waals surface area (Å²) >= 11 is 0. The second-order valence-corrected chi connectivity index (χ2v) is 15.2. The lowest BCUT2D eigenvalue weighted by Crippen LogP contribution is -2.56. The lowest BCUT2D eigenvalue weighted by Gasteiger charge is -2.26. The van der Waals surface area contributed by atoms with E-state index in [2.05, 4.69) is 169 Å². The first-order valence-corrected chi connectivity index (χ1v) is 16.9. The molecule has 6 rings (SSSR count). The molecule has 0 aliphatic carbocycles. The van der Waals surface area contributed by atoms with Gasteiger partial charge in [0.2, 0.25) is 5.69 Å². The molecular formula is C44H50N+. The maximum absolute atomic E-state index is 2.58. The number of aryl methyl sites for hydroxylation is 1. The molecule has 1 heteroatoms. The van der Waals surface area contributed by atoms with Crippen molar-refractivity contribution in [3.8, 4) is 44.6 Å². The van der Waals surface area contributed by atoms with Gasteiger partial charge in [-0.05, 0) is 97.7 Å². The summed E-state index contributed by atoms with van der Waals surface area (Å²) in [4.78, 5) is 0. The lowest BCUT2D eigenvalue weighted by molar-refractivity contribution is -0.757. The highest BCUT2D eigenvalue weighted by Gasteiger charge is 2.40. The fourth-order valence-electron chi connectivity index (χ4n) is 7.17. The number of nitrogens with zero attached hydrogens (tertiary/aromatic N) is 1. The van der Waals surface area contributed by atoms with Crippen molar-refractivity contribution in [2.45, 2.75) is 97.4 Å². The molecule has 2 heterocycles. The van der Waals surface area contributed by atoms with Crippen molar-refractivity contribution in [3.05, 3.63) is 126 Å². The van der Waals surface area contributed by atoms with Crippen molar-refractivity contribution >= 4 is 0 Å². The Morgan fingerprint density at radius 3 is 1.53 bits per heavy atom. The Bertz CT molecular complexity index is 1730. The molecule has 0 spiro atoms. The maximum Gasteiger partial charge on any atom is 0.213 e. The lowest BCUT2D eigenvalue weighted by atomic mass is 9.85. The third kappa shape index (κ3) is 6.02. The van der Waals surface area contributed by atoms with E-state index in [0.29, 0.717) is 0 Å². The van der Waals surface area contributed by atoms with E-state index in [0.717, 1.165) is 19.3 Å². The monoisotopic (exact) mass is 592 g/mol. The van der Waals surface area contributed by atoms with Gasteiger partial charge in [0.05, 0.1) is 0 Å². The summed E-state index contributed by atoms with van der Waals surface area (Å²) < 4.78 is 2.58. The highest BCUT2D eigenvalue weighted by molar-refractivity contribution is 5.83. The first-order chi connectivity index (χ1) is 21.4. The van der Waals surface area contributed by atoms with E-state index >= 15 is 0 Å². The predicted octanol–water partition coefficient (Wildman–Crippen LogP) is 11.7. The fraction of sp³-hybridized carbons (Fsp3) is 0.341. The zero-order valence-corrected chi connectivity index (χ0v) is 28.7. The van der Waals surface area contributed by atoms with Crippen LogP contribution in [0.15, 0.2) is 109 Å². The molecule has 4 aromatic carbocycles. The molecule has 0 bridgehead atoms. The Hall–Kier alpha value is -3.97. The Morgan fingerprint density at radius 2 is 1.04 bits per heavy atom. The number of pyridine rings is 1. The first kappa shape index (κ1) is 31.0. The molecule has 0 amide bonds. The normalized spacial score (nSPS) is 14.4. The van der Waals surface area contributed by atoms with Crippen LogP contribution in [-0.4, -0.2) is 0 Å². The van der Waals surface area contributed by atoms with Crippen LogP contribution in [0.4, 0.5) is 0 Å². The van der Waals surface area contributed by atoms with Crippen molar-refractivity contribution in [3.63, 3.8) is 0 Å². The summed E-state index contributed by atoms with van der Waals surface area (Å²) in [6.45, 7) is 18.4. The number of benzene rings is 4. The Balaban J connectivity index is 1.51. The van der Waals surface area contributed by atoms with Crippen molar-refractivity contribution < 1.29 is 4.57 Å². The van der Waals surface area contributed by atoms with E-state index in [1.54, 1.807) is 0 Å². The van der Waals surface area contributed by atoms with Crippen LogP contribution < -0.4 is 4.57 Å². The van der Waals surface area contributed by atoms with E-state index < -0.39 is 0 Å². The van der Waals surface area contributed by atoms with Crippen LogP contribution >= 0.6 is 0 Å². The van der Waals surface area contributed by atoms with Gasteiger partial charge >= 0.3 is 0 Å². The quantitative estimate of drug-likeness (QED) is 0.179. The molecular weight excluding hydrogens is 542 g/mol. The minimum Gasteiger partial charge on any atom is -0.193 e. The highest BCUT2D eigenvalue weighted by atomic mass is 15.1. The van der Waals surface area contributed by atoms with Crippen molar-refractivity contribution in [1.29, 1.82) is 0 Å². The average molecular weight is 593 g/mol. The van der Waals surface area contributed by atoms with Crippen molar-refractivity contribution in [1.82, 2.24) is 0 Å². The number of hydrogen-bond donors (Lipinski definition) is 0. The van der Waals surface area contributed by atoms with Crippen LogP contribution in [0.25, 0.3) is 44.6 Å². The van der Waals surface area contributed by atoms with E-state index in [-0.39, 0.29) is 16.4 Å². The third-order valence-electron chi connectivity index (χ3n) is 10.4. The SMILES string of the molecule is CCC1(CC)CCc2ccc(-c3cc(-c4ccc(C(C)(C)C)cc4)cc(-c4ccc(C(C)(C)C)cc4)c3)cc2-c2cccc[n+]21. The Morgan fingerprint density at radius 1 is 0.556 bits per heavy atom. The molecule has 0 N–H and O–H groups in total. The molecule has 0 atom stereocenters. The van der Waals surface area contributed by atoms with Crippen LogP contribution in [0.1, 0.15) is 91.3 Å². The van der Waals surface area contributed by atoms with Crippen molar-refractivity contribution in [2.24, 2.45) is 0 Å². The fourth-order valence-corrected chi connectivity index (χ4v) is 7.17. The van der Waals surface area contributed by atoms with Gasteiger partial charge in [-0.15, -0.1) is 0 Å². The summed E-state index contributed by atoms with van der Waals surface area (Å²) in [5.41, 5.74) is 14.8. The molecule has 1 nitrogen and oxygen atoms in total. The van der Waals surface area contributed by atoms with Gasteiger partial charge in [-0.3, -0.25) is 0 Å². The molecule has 230 valence electrons. The minimum atomic E-state index is 0.129. The molecule has 5 aromatic rings. The molecule has 0 unspecified atom stereocenters. The second-order valence-electron chi connectivity index (χ2n) is 15.2. The summed E-state index contributed by atoms with van der Waals surface area (Å²) in [6, 6.07) is 39.4. The van der Waals surface area contributed by atoms with Crippen LogP contribution in [0.2, 0.25) is 0 Å². The second kappa shape index (κ2) is 11.8. The number of fused-ring (bicyclic) bond motifs is 3. The third-order valence-corrected chi connectivity index (χ3v) is 10.4. The molecule has 0 saturated carbocycles. The molecule has 0 fully saturated rings. The Kier molecular flexibility index (Phi) is 8.10. The van der Waals surface area contributed by atoms with Crippen LogP contribution in [-0.2, 0) is 22.8 Å². The van der Waals surface area contributed by atoms with Gasteiger partial charge in [-0.2, -0.15) is 4.57 Å². The number of rotatable bonds is 5.